The highest BCUT2D eigenvalue weighted by Gasteiger charge is 1.96. The van der Waals surface area contributed by atoms with Gasteiger partial charge in [-0.25, -0.2) is 0 Å². The van der Waals surface area contributed by atoms with E-state index < -0.39 is 0 Å². The Morgan fingerprint density at radius 3 is 2.12 bits per heavy atom. The van der Waals surface area contributed by atoms with E-state index in [-0.39, 0.29) is 0 Å². The van der Waals surface area contributed by atoms with Gasteiger partial charge in [0.05, 0.1) is 0 Å². The lowest BCUT2D eigenvalue weighted by Gasteiger charge is -2.09. The van der Waals surface area contributed by atoms with Crippen molar-refractivity contribution in [2.45, 2.75) is 20.4 Å². The molecule has 0 unspecified atom stereocenters. The second-order valence-corrected chi connectivity index (χ2v) is 4.47. The lowest BCUT2D eigenvalue weighted by molar-refractivity contribution is 1.14. The number of aryl methyl sites for hydroxylation is 2. The maximum Gasteiger partial charge on any atom is 0.0400 e. The molecule has 0 spiro atoms. The highest BCUT2D eigenvalue weighted by molar-refractivity contribution is 5.49. The number of rotatable bonds is 3. The van der Waals surface area contributed by atoms with E-state index in [0.29, 0.717) is 0 Å². The van der Waals surface area contributed by atoms with Crippen LogP contribution in [0, 0.1) is 13.8 Å². The van der Waals surface area contributed by atoms with Crippen LogP contribution in [-0.4, -0.2) is 0 Å². The molecule has 0 saturated carbocycles. The van der Waals surface area contributed by atoms with E-state index in [2.05, 4.69) is 37.4 Å². The van der Waals surface area contributed by atoms with Crippen molar-refractivity contribution in [3.63, 3.8) is 0 Å². The lowest BCUT2D eigenvalue weighted by atomic mass is 10.1. The molecule has 0 aliphatic rings. The first-order valence-corrected chi connectivity index (χ1v) is 5.80. The summed E-state index contributed by atoms with van der Waals surface area (Å²) in [5, 5.41) is 3.42. The fraction of sp³-hybridized carbons (Fsp3) is 0.200. The largest absolute Gasteiger partial charge is 0.399 e. The van der Waals surface area contributed by atoms with Crippen LogP contribution in [0.4, 0.5) is 11.4 Å². The number of nitrogens with one attached hydrogen (secondary N) is 1. The highest BCUT2D eigenvalue weighted by atomic mass is 14.9. The van der Waals surface area contributed by atoms with Crippen LogP contribution in [0.2, 0.25) is 0 Å². The molecule has 0 atom stereocenters. The van der Waals surface area contributed by atoms with Gasteiger partial charge >= 0.3 is 0 Å². The van der Waals surface area contributed by atoms with E-state index in [1.807, 2.05) is 24.3 Å². The SMILES string of the molecule is Cc1cc(C)cc(NCc2ccc(N)cc2)c1. The molecule has 0 heterocycles. The quantitative estimate of drug-likeness (QED) is 0.786. The maximum atomic E-state index is 5.65. The molecule has 88 valence electrons. The Labute approximate surface area is 102 Å². The van der Waals surface area contributed by atoms with Gasteiger partial charge in [-0.05, 0) is 54.8 Å². The summed E-state index contributed by atoms with van der Waals surface area (Å²) < 4.78 is 0. The van der Waals surface area contributed by atoms with Crippen molar-refractivity contribution in [2.24, 2.45) is 0 Å². The summed E-state index contributed by atoms with van der Waals surface area (Å²) in [5.41, 5.74) is 11.4. The molecule has 2 heteroatoms. The predicted octanol–water partition coefficient (Wildman–Crippen LogP) is 3.50. The molecular weight excluding hydrogens is 208 g/mol. The monoisotopic (exact) mass is 226 g/mol. The van der Waals surface area contributed by atoms with Gasteiger partial charge in [0.1, 0.15) is 0 Å². The Balaban J connectivity index is 2.04. The van der Waals surface area contributed by atoms with Crippen molar-refractivity contribution < 1.29 is 0 Å². The molecule has 0 aliphatic heterocycles. The molecule has 0 radical (unpaired) electrons. The third-order valence-electron chi connectivity index (χ3n) is 2.70. The van der Waals surface area contributed by atoms with Crippen molar-refractivity contribution >= 4 is 11.4 Å². The molecule has 0 saturated heterocycles. The van der Waals surface area contributed by atoms with Crippen molar-refractivity contribution in [3.05, 3.63) is 59.2 Å². The second-order valence-electron chi connectivity index (χ2n) is 4.47. The topological polar surface area (TPSA) is 38.0 Å². The van der Waals surface area contributed by atoms with Crippen LogP contribution in [0.25, 0.3) is 0 Å². The van der Waals surface area contributed by atoms with Gasteiger partial charge in [0.15, 0.2) is 0 Å². The number of benzene rings is 2. The molecule has 0 fully saturated rings. The zero-order valence-corrected chi connectivity index (χ0v) is 10.3. The van der Waals surface area contributed by atoms with Crippen molar-refractivity contribution in [3.8, 4) is 0 Å². The number of anilines is 2. The highest BCUT2D eigenvalue weighted by Crippen LogP contribution is 2.15. The van der Waals surface area contributed by atoms with Gasteiger partial charge in [0.25, 0.3) is 0 Å². The zero-order valence-electron chi connectivity index (χ0n) is 10.3. The van der Waals surface area contributed by atoms with Gasteiger partial charge < -0.3 is 11.1 Å². The van der Waals surface area contributed by atoms with Gasteiger partial charge in [-0.1, -0.05) is 18.2 Å². The maximum absolute atomic E-state index is 5.65. The average molecular weight is 226 g/mol. The summed E-state index contributed by atoms with van der Waals surface area (Å²) in [5.74, 6) is 0. The smallest absolute Gasteiger partial charge is 0.0400 e. The molecule has 0 aromatic heterocycles. The van der Waals surface area contributed by atoms with E-state index in [1.54, 1.807) is 0 Å². The number of nitrogen functional groups attached to an aromatic ring is 1. The van der Waals surface area contributed by atoms with Gasteiger partial charge in [-0.2, -0.15) is 0 Å². The van der Waals surface area contributed by atoms with Gasteiger partial charge in [-0.3, -0.25) is 0 Å². The van der Waals surface area contributed by atoms with Crippen LogP contribution in [0.3, 0.4) is 0 Å². The van der Waals surface area contributed by atoms with Gasteiger partial charge in [0, 0.05) is 17.9 Å². The number of hydrogen-bond acceptors (Lipinski definition) is 2. The third kappa shape index (κ3) is 3.25. The fourth-order valence-electron chi connectivity index (χ4n) is 1.92. The van der Waals surface area contributed by atoms with Crippen LogP contribution in [0.5, 0.6) is 0 Å². The molecule has 3 N–H and O–H groups in total. The number of nitrogens with two attached hydrogens (primary N) is 1. The predicted molar refractivity (Wildman–Crippen MR) is 74.1 cm³/mol. The minimum atomic E-state index is 0.806. The first-order valence-electron chi connectivity index (χ1n) is 5.80. The number of hydrogen-bond donors (Lipinski definition) is 2. The molecule has 0 aliphatic carbocycles. The minimum Gasteiger partial charge on any atom is -0.399 e. The summed E-state index contributed by atoms with van der Waals surface area (Å²) in [6.07, 6.45) is 0. The van der Waals surface area contributed by atoms with Crippen molar-refractivity contribution in [2.75, 3.05) is 11.1 Å². The molecule has 0 bridgehead atoms. The van der Waals surface area contributed by atoms with E-state index in [1.165, 1.54) is 22.4 Å². The normalized spacial score (nSPS) is 10.2. The van der Waals surface area contributed by atoms with Crippen LogP contribution in [0.15, 0.2) is 42.5 Å². The van der Waals surface area contributed by atoms with E-state index >= 15 is 0 Å². The summed E-state index contributed by atoms with van der Waals surface area (Å²) in [6, 6.07) is 14.4. The second kappa shape index (κ2) is 4.91. The Bertz CT molecular complexity index is 481. The fourth-order valence-corrected chi connectivity index (χ4v) is 1.92. The van der Waals surface area contributed by atoms with Crippen LogP contribution in [0.1, 0.15) is 16.7 Å². The van der Waals surface area contributed by atoms with E-state index in [0.717, 1.165) is 12.2 Å². The van der Waals surface area contributed by atoms with Crippen LogP contribution < -0.4 is 11.1 Å². The van der Waals surface area contributed by atoms with Crippen molar-refractivity contribution in [1.29, 1.82) is 0 Å². The summed E-state index contributed by atoms with van der Waals surface area (Å²) in [4.78, 5) is 0. The Morgan fingerprint density at radius 1 is 0.941 bits per heavy atom. The first kappa shape index (κ1) is 11.5. The van der Waals surface area contributed by atoms with Crippen LogP contribution >= 0.6 is 0 Å². The average Bonchev–Trinajstić information content (AvgIpc) is 2.27. The molecule has 17 heavy (non-hydrogen) atoms. The van der Waals surface area contributed by atoms with E-state index in [9.17, 15) is 0 Å². The molecule has 2 aromatic carbocycles. The van der Waals surface area contributed by atoms with E-state index in [4.69, 9.17) is 5.73 Å². The lowest BCUT2D eigenvalue weighted by Crippen LogP contribution is -2.00. The third-order valence-corrected chi connectivity index (χ3v) is 2.70. The molecule has 2 aromatic rings. The Hall–Kier alpha value is -1.96. The summed E-state index contributed by atoms with van der Waals surface area (Å²) in [7, 11) is 0. The van der Waals surface area contributed by atoms with Crippen LogP contribution in [-0.2, 0) is 6.54 Å². The minimum absolute atomic E-state index is 0.806. The van der Waals surface area contributed by atoms with Gasteiger partial charge in [-0.15, -0.1) is 0 Å². The Kier molecular flexibility index (Phi) is 3.33. The summed E-state index contributed by atoms with van der Waals surface area (Å²) in [6.45, 7) is 5.05. The first-order chi connectivity index (χ1) is 8.13. The standard InChI is InChI=1S/C15H18N2/c1-11-7-12(2)9-15(8-11)17-10-13-3-5-14(16)6-4-13/h3-9,17H,10,16H2,1-2H3. The molecule has 0 amide bonds. The molecule has 2 rings (SSSR count). The zero-order chi connectivity index (χ0) is 12.3. The Morgan fingerprint density at radius 2 is 1.53 bits per heavy atom. The van der Waals surface area contributed by atoms with Crippen molar-refractivity contribution in [1.82, 2.24) is 0 Å². The molecular formula is C15H18N2. The van der Waals surface area contributed by atoms with Gasteiger partial charge in [0.2, 0.25) is 0 Å². The summed E-state index contributed by atoms with van der Waals surface area (Å²) >= 11 is 0. The molecule has 2 nitrogen and oxygen atoms in total.